The summed E-state index contributed by atoms with van der Waals surface area (Å²) >= 11 is 0. The minimum absolute atomic E-state index is 0.172. The normalized spacial score (nSPS) is 22.9. The van der Waals surface area contributed by atoms with Gasteiger partial charge in [0.2, 0.25) is 15.0 Å². The molecule has 30 heavy (non-hydrogen) atoms. The second-order valence-electron chi connectivity index (χ2n) is 8.66. The zero-order valence-corrected chi connectivity index (χ0v) is 18.4. The van der Waals surface area contributed by atoms with Crippen LogP contribution in [0.2, 0.25) is 0 Å². The molecule has 2 fully saturated rings. The molecule has 10 nitrogen and oxygen atoms in total. The number of carbonyl (C=O) groups is 1. The van der Waals surface area contributed by atoms with Crippen LogP contribution in [0, 0.1) is 0 Å². The molecule has 0 radical (unpaired) electrons. The summed E-state index contributed by atoms with van der Waals surface area (Å²) in [5, 5.41) is 17.4. The van der Waals surface area contributed by atoms with Gasteiger partial charge in [-0.1, -0.05) is 0 Å². The highest BCUT2D eigenvalue weighted by molar-refractivity contribution is 7.91. The third-order valence-electron chi connectivity index (χ3n) is 6.08. The number of sulfone groups is 1. The van der Waals surface area contributed by atoms with E-state index in [9.17, 15) is 18.3 Å². The van der Waals surface area contributed by atoms with Crippen molar-refractivity contribution in [3.05, 3.63) is 12.4 Å². The van der Waals surface area contributed by atoms with Gasteiger partial charge in [-0.05, 0) is 40.5 Å². The van der Waals surface area contributed by atoms with Gasteiger partial charge in [0.25, 0.3) is 5.91 Å². The molecule has 3 rings (SSSR count). The summed E-state index contributed by atoms with van der Waals surface area (Å²) in [5.74, 6) is -0.601. The van der Waals surface area contributed by atoms with E-state index in [0.717, 1.165) is 0 Å². The maximum absolute atomic E-state index is 12.9. The van der Waals surface area contributed by atoms with E-state index in [0.29, 0.717) is 5.46 Å². The zero-order valence-electron chi connectivity index (χ0n) is 17.6. The summed E-state index contributed by atoms with van der Waals surface area (Å²) in [6, 6.07) is 0. The van der Waals surface area contributed by atoms with Gasteiger partial charge in [0.05, 0.1) is 23.1 Å². The Morgan fingerprint density at radius 1 is 1.20 bits per heavy atom. The van der Waals surface area contributed by atoms with Crippen LogP contribution in [0.5, 0.6) is 0 Å². The zero-order chi connectivity index (χ0) is 22.3. The third kappa shape index (κ3) is 4.24. The SMILES string of the molecule is CC1(C)OB(c2cnc(S(=O)(=O)C3CCN(C(=O)[C@@H](O)CO)CC3)nc2)OC1(C)C. The van der Waals surface area contributed by atoms with E-state index in [2.05, 4.69) is 9.97 Å². The second kappa shape index (κ2) is 8.15. The van der Waals surface area contributed by atoms with Crippen molar-refractivity contribution < 1.29 is 32.7 Å². The molecule has 3 heterocycles. The summed E-state index contributed by atoms with van der Waals surface area (Å²) in [4.78, 5) is 21.4. The van der Waals surface area contributed by atoms with E-state index >= 15 is 0 Å². The van der Waals surface area contributed by atoms with E-state index < -0.39 is 52.0 Å². The smallest absolute Gasteiger partial charge is 0.399 e. The van der Waals surface area contributed by atoms with E-state index in [4.69, 9.17) is 14.4 Å². The fraction of sp³-hybridized carbons (Fsp3) is 0.722. The van der Waals surface area contributed by atoms with Crippen molar-refractivity contribution in [3.8, 4) is 0 Å². The lowest BCUT2D eigenvalue weighted by molar-refractivity contribution is -0.142. The molecule has 0 unspecified atom stereocenters. The van der Waals surface area contributed by atoms with Crippen LogP contribution in [0.25, 0.3) is 0 Å². The molecule has 1 amide bonds. The lowest BCUT2D eigenvalue weighted by Gasteiger charge is -2.32. The van der Waals surface area contributed by atoms with Crippen molar-refractivity contribution in [1.82, 2.24) is 14.9 Å². The highest BCUT2D eigenvalue weighted by Gasteiger charge is 2.52. The van der Waals surface area contributed by atoms with Crippen LogP contribution >= 0.6 is 0 Å². The van der Waals surface area contributed by atoms with Gasteiger partial charge < -0.3 is 24.4 Å². The van der Waals surface area contributed by atoms with E-state index in [1.54, 1.807) is 0 Å². The Bertz CT molecular complexity index is 868. The van der Waals surface area contributed by atoms with Crippen molar-refractivity contribution in [1.29, 1.82) is 0 Å². The molecule has 166 valence electrons. The van der Waals surface area contributed by atoms with Gasteiger partial charge in [0.1, 0.15) is 0 Å². The average molecular weight is 441 g/mol. The number of aliphatic hydroxyl groups is 2. The monoisotopic (exact) mass is 441 g/mol. The van der Waals surface area contributed by atoms with Gasteiger partial charge in [-0.3, -0.25) is 4.79 Å². The van der Waals surface area contributed by atoms with Crippen LogP contribution in [0.15, 0.2) is 17.6 Å². The Hall–Kier alpha value is -1.60. The molecule has 1 aromatic heterocycles. The first-order valence-electron chi connectivity index (χ1n) is 9.88. The van der Waals surface area contributed by atoms with Crippen molar-refractivity contribution in [3.63, 3.8) is 0 Å². The number of aliphatic hydroxyl groups excluding tert-OH is 2. The number of amides is 1. The van der Waals surface area contributed by atoms with Gasteiger partial charge in [-0.2, -0.15) is 0 Å². The van der Waals surface area contributed by atoms with Gasteiger partial charge in [-0.15, -0.1) is 0 Å². The lowest BCUT2D eigenvalue weighted by atomic mass is 9.81. The molecule has 12 heteroatoms. The first-order valence-corrected chi connectivity index (χ1v) is 11.4. The standard InChI is InChI=1S/C18H28BN3O7S/c1-17(2)18(3,4)29-19(28-17)12-9-20-16(21-10-12)30(26,27)13-5-7-22(8-6-13)15(25)14(24)11-23/h9-10,13-14,23-24H,5-8,11H2,1-4H3/t14-/m0/s1. The summed E-state index contributed by atoms with van der Waals surface area (Å²) in [5.41, 5.74) is -0.527. The highest BCUT2D eigenvalue weighted by Crippen LogP contribution is 2.36. The van der Waals surface area contributed by atoms with E-state index in [1.165, 1.54) is 17.3 Å². The molecular weight excluding hydrogens is 413 g/mol. The third-order valence-corrected chi connectivity index (χ3v) is 8.15. The van der Waals surface area contributed by atoms with Crippen LogP contribution < -0.4 is 5.46 Å². The molecule has 2 aliphatic heterocycles. The largest absolute Gasteiger partial charge is 0.498 e. The molecule has 0 bridgehead atoms. The molecule has 0 saturated carbocycles. The molecular formula is C18H28BN3O7S. The van der Waals surface area contributed by atoms with Crippen LogP contribution in [0.1, 0.15) is 40.5 Å². The first kappa shape index (κ1) is 23.1. The minimum atomic E-state index is -3.78. The number of hydrogen-bond donors (Lipinski definition) is 2. The maximum Gasteiger partial charge on any atom is 0.498 e. The number of likely N-dealkylation sites (tertiary alicyclic amines) is 1. The Morgan fingerprint density at radius 2 is 1.70 bits per heavy atom. The van der Waals surface area contributed by atoms with E-state index in [1.807, 2.05) is 27.7 Å². The summed E-state index contributed by atoms with van der Waals surface area (Å²) in [7, 11) is -4.46. The maximum atomic E-state index is 12.9. The van der Waals surface area contributed by atoms with Gasteiger partial charge in [0.15, 0.2) is 6.10 Å². The van der Waals surface area contributed by atoms with Gasteiger partial charge in [0, 0.05) is 30.9 Å². The fourth-order valence-corrected chi connectivity index (χ4v) is 4.93. The highest BCUT2D eigenvalue weighted by atomic mass is 32.2. The number of nitrogens with zero attached hydrogens (tertiary/aromatic N) is 3. The summed E-state index contributed by atoms with van der Waals surface area (Å²) < 4.78 is 37.7. The predicted molar refractivity (Wildman–Crippen MR) is 108 cm³/mol. The first-order chi connectivity index (χ1) is 13.9. The number of rotatable bonds is 5. The van der Waals surface area contributed by atoms with E-state index in [-0.39, 0.29) is 31.1 Å². The predicted octanol–water partition coefficient (Wildman–Crippen LogP) is -1.11. The Balaban J connectivity index is 1.67. The van der Waals surface area contributed by atoms with Gasteiger partial charge in [-0.25, -0.2) is 18.4 Å². The fourth-order valence-electron chi connectivity index (χ4n) is 3.40. The van der Waals surface area contributed by atoms with Crippen LogP contribution in [0.4, 0.5) is 0 Å². The van der Waals surface area contributed by atoms with Crippen LogP contribution in [-0.4, -0.2) is 88.8 Å². The molecule has 0 spiro atoms. The summed E-state index contributed by atoms with van der Waals surface area (Å²) in [6.07, 6.45) is 1.73. The Morgan fingerprint density at radius 3 is 2.17 bits per heavy atom. The molecule has 1 atom stereocenters. The topological polar surface area (TPSA) is 139 Å². The van der Waals surface area contributed by atoms with Crippen molar-refractivity contribution in [2.45, 2.75) is 68.2 Å². The lowest BCUT2D eigenvalue weighted by Crippen LogP contribution is -2.47. The van der Waals surface area contributed by atoms with Crippen molar-refractivity contribution >= 4 is 28.3 Å². The summed E-state index contributed by atoms with van der Waals surface area (Å²) in [6.45, 7) is 7.36. The molecule has 0 aliphatic carbocycles. The average Bonchev–Trinajstić information content (AvgIpc) is 2.94. The van der Waals surface area contributed by atoms with Crippen molar-refractivity contribution in [2.24, 2.45) is 0 Å². The number of hydrogen-bond acceptors (Lipinski definition) is 9. The van der Waals surface area contributed by atoms with Crippen LogP contribution in [-0.2, 0) is 23.9 Å². The molecule has 2 aliphatic rings. The Kier molecular flexibility index (Phi) is 6.27. The quantitative estimate of drug-likeness (QED) is 0.430. The molecule has 2 saturated heterocycles. The molecule has 0 aromatic carbocycles. The van der Waals surface area contributed by atoms with Crippen LogP contribution in [0.3, 0.4) is 0 Å². The molecule has 2 N–H and O–H groups in total. The number of piperidine rings is 1. The second-order valence-corrected chi connectivity index (χ2v) is 10.8. The Labute approximate surface area is 176 Å². The minimum Gasteiger partial charge on any atom is -0.399 e. The number of aromatic nitrogens is 2. The van der Waals surface area contributed by atoms with Crippen molar-refractivity contribution in [2.75, 3.05) is 19.7 Å². The number of carbonyl (C=O) groups excluding carboxylic acids is 1. The molecule has 1 aromatic rings. The van der Waals surface area contributed by atoms with Gasteiger partial charge >= 0.3 is 7.12 Å².